The fourth-order valence-electron chi connectivity index (χ4n) is 3.12. The van der Waals surface area contributed by atoms with Crippen LogP contribution in [0.2, 0.25) is 0 Å². The number of nitrogens with zero attached hydrogens (tertiary/aromatic N) is 1. The van der Waals surface area contributed by atoms with E-state index in [1.807, 2.05) is 12.1 Å². The molecular formula is C21H15FN2O4. The molecule has 0 atom stereocenters. The van der Waals surface area contributed by atoms with Crippen molar-refractivity contribution in [3.63, 3.8) is 0 Å². The number of rotatable bonds is 4. The highest BCUT2D eigenvalue weighted by molar-refractivity contribution is 5.95. The summed E-state index contributed by atoms with van der Waals surface area (Å²) in [4.78, 5) is 27.5. The quantitative estimate of drug-likeness (QED) is 0.726. The molecule has 6 nitrogen and oxygen atoms in total. The summed E-state index contributed by atoms with van der Waals surface area (Å²) in [6.45, 7) is 0.427. The van der Waals surface area contributed by atoms with Crippen LogP contribution in [-0.4, -0.2) is 22.0 Å². The molecule has 3 aromatic rings. The van der Waals surface area contributed by atoms with Crippen molar-refractivity contribution in [2.75, 3.05) is 0 Å². The van der Waals surface area contributed by atoms with Gasteiger partial charge in [-0.2, -0.15) is 0 Å². The number of halogens is 1. The monoisotopic (exact) mass is 378 g/mol. The van der Waals surface area contributed by atoms with Crippen LogP contribution in [-0.2, 0) is 13.2 Å². The molecule has 1 aliphatic heterocycles. The van der Waals surface area contributed by atoms with Crippen molar-refractivity contribution in [2.45, 2.75) is 13.2 Å². The summed E-state index contributed by atoms with van der Waals surface area (Å²) in [6.07, 6.45) is 3.35. The second-order valence-corrected chi connectivity index (χ2v) is 6.33. The maximum atomic E-state index is 13.5. The predicted molar refractivity (Wildman–Crippen MR) is 98.5 cm³/mol. The van der Waals surface area contributed by atoms with E-state index in [2.05, 4.69) is 10.3 Å². The van der Waals surface area contributed by atoms with Crippen LogP contribution in [0.4, 0.5) is 4.39 Å². The Morgan fingerprint density at radius 2 is 2.00 bits per heavy atom. The molecule has 0 saturated heterocycles. The summed E-state index contributed by atoms with van der Waals surface area (Å²) in [5.74, 6) is -1.77. The fourth-order valence-corrected chi connectivity index (χ4v) is 3.12. The lowest BCUT2D eigenvalue weighted by Gasteiger charge is -2.20. The summed E-state index contributed by atoms with van der Waals surface area (Å²) in [6, 6.07) is 10.9. The van der Waals surface area contributed by atoms with Crippen LogP contribution in [0, 0.1) is 5.82 Å². The van der Waals surface area contributed by atoms with Crippen LogP contribution in [0.3, 0.4) is 0 Å². The van der Waals surface area contributed by atoms with Gasteiger partial charge >= 0.3 is 5.97 Å². The van der Waals surface area contributed by atoms with Crippen LogP contribution in [0.1, 0.15) is 31.8 Å². The van der Waals surface area contributed by atoms with E-state index in [1.54, 1.807) is 24.5 Å². The molecule has 7 heteroatoms. The number of benzene rings is 2. The van der Waals surface area contributed by atoms with E-state index in [4.69, 9.17) is 9.84 Å². The number of aromatic nitrogens is 1. The van der Waals surface area contributed by atoms with Gasteiger partial charge in [-0.1, -0.05) is 12.1 Å². The van der Waals surface area contributed by atoms with Gasteiger partial charge in [-0.25, -0.2) is 9.18 Å². The first-order valence-corrected chi connectivity index (χ1v) is 8.53. The van der Waals surface area contributed by atoms with Gasteiger partial charge in [0.05, 0.1) is 11.8 Å². The van der Waals surface area contributed by atoms with E-state index in [0.717, 1.165) is 22.8 Å². The van der Waals surface area contributed by atoms with E-state index in [9.17, 15) is 14.0 Å². The van der Waals surface area contributed by atoms with E-state index in [-0.39, 0.29) is 12.5 Å². The van der Waals surface area contributed by atoms with Crippen molar-refractivity contribution in [3.05, 3.63) is 82.9 Å². The molecule has 0 bridgehead atoms. The van der Waals surface area contributed by atoms with E-state index in [1.165, 1.54) is 12.1 Å². The first kappa shape index (κ1) is 17.7. The fraction of sp³-hybridized carbons (Fsp3) is 0.0952. The molecule has 1 aliphatic rings. The second-order valence-electron chi connectivity index (χ2n) is 6.33. The molecule has 0 spiro atoms. The molecule has 2 heterocycles. The van der Waals surface area contributed by atoms with Gasteiger partial charge in [0.1, 0.15) is 18.2 Å². The highest BCUT2D eigenvalue weighted by Crippen LogP contribution is 2.36. The van der Waals surface area contributed by atoms with Gasteiger partial charge in [0, 0.05) is 23.9 Å². The number of aromatic carboxylic acids is 1. The summed E-state index contributed by atoms with van der Waals surface area (Å²) >= 11 is 0. The molecule has 2 N–H and O–H groups in total. The first-order valence-electron chi connectivity index (χ1n) is 8.53. The van der Waals surface area contributed by atoms with Crippen molar-refractivity contribution < 1.29 is 23.8 Å². The number of carboxylic acid groups (broad SMARTS) is 1. The molecule has 0 unspecified atom stereocenters. The van der Waals surface area contributed by atoms with Gasteiger partial charge < -0.3 is 15.2 Å². The van der Waals surface area contributed by atoms with E-state index in [0.29, 0.717) is 23.5 Å². The Morgan fingerprint density at radius 3 is 2.82 bits per heavy atom. The Balaban J connectivity index is 1.51. The van der Waals surface area contributed by atoms with Crippen molar-refractivity contribution in [2.24, 2.45) is 0 Å². The number of hydrogen-bond donors (Lipinski definition) is 2. The smallest absolute Gasteiger partial charge is 0.338 e. The zero-order chi connectivity index (χ0) is 19.7. The molecule has 1 amide bonds. The zero-order valence-electron chi connectivity index (χ0n) is 14.6. The number of nitrogens with one attached hydrogen (secondary N) is 1. The Hall–Kier alpha value is -3.74. The van der Waals surface area contributed by atoms with Crippen LogP contribution < -0.4 is 10.1 Å². The lowest BCUT2D eigenvalue weighted by atomic mass is 9.96. The molecule has 1 aromatic heterocycles. The third-order valence-electron chi connectivity index (χ3n) is 4.54. The van der Waals surface area contributed by atoms with E-state index < -0.39 is 17.3 Å². The number of carboxylic acids is 1. The maximum absolute atomic E-state index is 13.5. The Labute approximate surface area is 159 Å². The predicted octanol–water partition coefficient (Wildman–Crippen LogP) is 3.41. The van der Waals surface area contributed by atoms with Crippen molar-refractivity contribution in [1.29, 1.82) is 0 Å². The minimum atomic E-state index is -1.35. The SMILES string of the molecule is O=C(NCc1ccc(F)c(C(=O)O)c1)c1ccc2c(c1)COc1cnccc1-2. The first-order chi connectivity index (χ1) is 13.5. The molecule has 0 fully saturated rings. The summed E-state index contributed by atoms with van der Waals surface area (Å²) in [5, 5.41) is 11.7. The van der Waals surface area contributed by atoms with Gasteiger partial charge in [0.15, 0.2) is 0 Å². The number of fused-ring (bicyclic) bond motifs is 3. The standard InChI is InChI=1S/C21H15FN2O4/c22-18-4-1-12(7-17(18)21(26)27)9-24-20(25)13-2-3-15-14(8-13)11-28-19-10-23-6-5-16(15)19/h1-8,10H,9,11H2,(H,24,25)(H,26,27). The van der Waals surface area contributed by atoms with Gasteiger partial charge in [0.2, 0.25) is 0 Å². The van der Waals surface area contributed by atoms with Gasteiger partial charge in [-0.3, -0.25) is 9.78 Å². The number of hydrogen-bond acceptors (Lipinski definition) is 4. The molecule has 2 aromatic carbocycles. The lowest BCUT2D eigenvalue weighted by molar-refractivity contribution is 0.0691. The number of carbonyl (C=O) groups excluding carboxylic acids is 1. The Morgan fingerprint density at radius 1 is 1.14 bits per heavy atom. The molecule has 140 valence electrons. The minimum absolute atomic E-state index is 0.0848. The largest absolute Gasteiger partial charge is 0.487 e. The molecule has 0 aliphatic carbocycles. The number of carbonyl (C=O) groups is 2. The Kier molecular flexibility index (Phi) is 4.49. The van der Waals surface area contributed by atoms with Crippen molar-refractivity contribution in [3.8, 4) is 16.9 Å². The molecule has 28 heavy (non-hydrogen) atoms. The van der Waals surface area contributed by atoms with Crippen LogP contribution >= 0.6 is 0 Å². The lowest BCUT2D eigenvalue weighted by Crippen LogP contribution is -2.23. The molecule has 0 saturated carbocycles. The minimum Gasteiger partial charge on any atom is -0.487 e. The van der Waals surface area contributed by atoms with Crippen LogP contribution in [0.5, 0.6) is 5.75 Å². The normalized spacial score (nSPS) is 11.8. The molecule has 0 radical (unpaired) electrons. The highest BCUT2D eigenvalue weighted by atomic mass is 19.1. The van der Waals surface area contributed by atoms with E-state index >= 15 is 0 Å². The third kappa shape index (κ3) is 3.29. The van der Waals surface area contributed by atoms with Gasteiger partial charge in [0.25, 0.3) is 5.91 Å². The Bertz CT molecular complexity index is 1100. The number of amides is 1. The zero-order valence-corrected chi connectivity index (χ0v) is 14.6. The van der Waals surface area contributed by atoms with Crippen LogP contribution in [0.25, 0.3) is 11.1 Å². The average Bonchev–Trinajstić information content (AvgIpc) is 2.72. The van der Waals surface area contributed by atoms with Gasteiger partial charge in [-0.05, 0) is 47.0 Å². The van der Waals surface area contributed by atoms with Crippen molar-refractivity contribution >= 4 is 11.9 Å². The topological polar surface area (TPSA) is 88.5 Å². The van der Waals surface area contributed by atoms with Crippen LogP contribution in [0.15, 0.2) is 54.9 Å². The third-order valence-corrected chi connectivity index (χ3v) is 4.54. The second kappa shape index (κ2) is 7.11. The maximum Gasteiger partial charge on any atom is 0.338 e. The van der Waals surface area contributed by atoms with Gasteiger partial charge in [-0.15, -0.1) is 0 Å². The number of ether oxygens (including phenoxy) is 1. The number of pyridine rings is 1. The van der Waals surface area contributed by atoms with Crippen molar-refractivity contribution in [1.82, 2.24) is 10.3 Å². The molecular weight excluding hydrogens is 363 g/mol. The average molecular weight is 378 g/mol. The highest BCUT2D eigenvalue weighted by Gasteiger charge is 2.19. The molecule has 4 rings (SSSR count). The summed E-state index contributed by atoms with van der Waals surface area (Å²) in [5.41, 5.74) is 3.34. The summed E-state index contributed by atoms with van der Waals surface area (Å²) in [7, 11) is 0. The summed E-state index contributed by atoms with van der Waals surface area (Å²) < 4.78 is 19.1.